The van der Waals surface area contributed by atoms with Gasteiger partial charge in [0.2, 0.25) is 5.91 Å². The fraction of sp³-hybridized carbons (Fsp3) is 0.529. The molecule has 23 heavy (non-hydrogen) atoms. The summed E-state index contributed by atoms with van der Waals surface area (Å²) < 4.78 is 0. The number of piperidine rings is 1. The van der Waals surface area contributed by atoms with Gasteiger partial charge in [-0.15, -0.1) is 0 Å². The van der Waals surface area contributed by atoms with Gasteiger partial charge in [0.15, 0.2) is 0 Å². The Bertz CT molecular complexity index is 536. The highest BCUT2D eigenvalue weighted by Crippen LogP contribution is 2.18. The second-order valence-electron chi connectivity index (χ2n) is 6.06. The number of nitrogens with one attached hydrogen (secondary N) is 3. The van der Waals surface area contributed by atoms with Crippen LogP contribution in [0.1, 0.15) is 25.3 Å². The molecule has 1 aliphatic heterocycles. The number of anilines is 1. The van der Waals surface area contributed by atoms with Gasteiger partial charge in [0.1, 0.15) is 0 Å². The standard InChI is InChI=1S/C17H26N4O2/c1-12-4-6-14(7-5-12)19-15-8-10-21(11-9-15)13(2)16(22)20-17(23)18-3/h4-7,13,15,19H,8-11H2,1-3H3,(H2,18,20,22,23)/t13-/m0/s1. The molecular weight excluding hydrogens is 292 g/mol. The molecule has 1 fully saturated rings. The summed E-state index contributed by atoms with van der Waals surface area (Å²) >= 11 is 0. The predicted octanol–water partition coefficient (Wildman–Crippen LogP) is 1.72. The number of hydrogen-bond acceptors (Lipinski definition) is 4. The molecule has 3 amide bonds. The van der Waals surface area contributed by atoms with E-state index in [0.717, 1.165) is 31.6 Å². The lowest BCUT2D eigenvalue weighted by Crippen LogP contribution is -2.52. The summed E-state index contributed by atoms with van der Waals surface area (Å²) in [7, 11) is 1.50. The average Bonchev–Trinajstić information content (AvgIpc) is 2.56. The smallest absolute Gasteiger partial charge is 0.321 e. The van der Waals surface area contributed by atoms with Crippen molar-refractivity contribution >= 4 is 17.6 Å². The Kier molecular flexibility index (Phi) is 5.98. The van der Waals surface area contributed by atoms with Crippen LogP contribution in [0.25, 0.3) is 0 Å². The minimum atomic E-state index is -0.460. The first-order valence-electron chi connectivity index (χ1n) is 8.09. The number of nitrogens with zero attached hydrogens (tertiary/aromatic N) is 1. The summed E-state index contributed by atoms with van der Waals surface area (Å²) in [6.45, 7) is 5.59. The number of carbonyl (C=O) groups excluding carboxylic acids is 2. The Labute approximate surface area is 137 Å². The van der Waals surface area contributed by atoms with Crippen molar-refractivity contribution in [2.45, 2.75) is 38.8 Å². The van der Waals surface area contributed by atoms with Crippen LogP contribution >= 0.6 is 0 Å². The second-order valence-corrected chi connectivity index (χ2v) is 6.06. The molecule has 1 aromatic rings. The predicted molar refractivity (Wildman–Crippen MR) is 91.5 cm³/mol. The van der Waals surface area contributed by atoms with E-state index < -0.39 is 6.03 Å². The topological polar surface area (TPSA) is 73.5 Å². The summed E-state index contributed by atoms with van der Waals surface area (Å²) in [5, 5.41) is 8.28. The van der Waals surface area contributed by atoms with E-state index in [0.29, 0.717) is 6.04 Å². The molecule has 3 N–H and O–H groups in total. The fourth-order valence-corrected chi connectivity index (χ4v) is 2.76. The molecule has 0 unspecified atom stereocenters. The number of likely N-dealkylation sites (tertiary alicyclic amines) is 1. The van der Waals surface area contributed by atoms with Gasteiger partial charge in [0, 0.05) is 31.9 Å². The third-order valence-corrected chi connectivity index (χ3v) is 4.34. The van der Waals surface area contributed by atoms with Crippen LogP contribution in [0.15, 0.2) is 24.3 Å². The van der Waals surface area contributed by atoms with E-state index in [1.807, 2.05) is 6.92 Å². The number of hydrogen-bond donors (Lipinski definition) is 3. The first-order chi connectivity index (χ1) is 11.0. The van der Waals surface area contributed by atoms with Crippen molar-refractivity contribution in [3.63, 3.8) is 0 Å². The molecule has 0 aliphatic carbocycles. The van der Waals surface area contributed by atoms with Gasteiger partial charge in [-0.1, -0.05) is 17.7 Å². The van der Waals surface area contributed by atoms with Gasteiger partial charge in [-0.25, -0.2) is 4.79 Å². The number of amides is 3. The Morgan fingerprint density at radius 1 is 1.17 bits per heavy atom. The lowest BCUT2D eigenvalue weighted by atomic mass is 10.0. The number of aryl methyl sites for hydroxylation is 1. The molecule has 0 radical (unpaired) electrons. The molecule has 0 aromatic heterocycles. The van der Waals surface area contributed by atoms with Crippen molar-refractivity contribution in [1.29, 1.82) is 0 Å². The first kappa shape index (κ1) is 17.3. The monoisotopic (exact) mass is 318 g/mol. The normalized spacial score (nSPS) is 17.3. The van der Waals surface area contributed by atoms with Crippen LogP contribution in [0.3, 0.4) is 0 Å². The Balaban J connectivity index is 1.80. The van der Waals surface area contributed by atoms with E-state index in [4.69, 9.17) is 0 Å². The molecule has 1 saturated heterocycles. The highest BCUT2D eigenvalue weighted by atomic mass is 16.2. The summed E-state index contributed by atoms with van der Waals surface area (Å²) in [6, 6.07) is 8.06. The van der Waals surface area contributed by atoms with Crippen molar-refractivity contribution < 1.29 is 9.59 Å². The van der Waals surface area contributed by atoms with Gasteiger partial charge in [-0.2, -0.15) is 0 Å². The van der Waals surface area contributed by atoms with Crippen molar-refractivity contribution in [2.24, 2.45) is 0 Å². The van der Waals surface area contributed by atoms with Crippen molar-refractivity contribution in [1.82, 2.24) is 15.5 Å². The van der Waals surface area contributed by atoms with E-state index in [9.17, 15) is 9.59 Å². The lowest BCUT2D eigenvalue weighted by Gasteiger charge is -2.35. The van der Waals surface area contributed by atoms with Crippen LogP contribution in [0.4, 0.5) is 10.5 Å². The quantitative estimate of drug-likeness (QED) is 0.790. The van der Waals surface area contributed by atoms with Gasteiger partial charge in [-0.3, -0.25) is 15.0 Å². The zero-order chi connectivity index (χ0) is 16.8. The Hall–Kier alpha value is -2.08. The molecule has 1 atom stereocenters. The molecule has 6 heteroatoms. The molecular formula is C17H26N4O2. The van der Waals surface area contributed by atoms with Gasteiger partial charge in [-0.05, 0) is 38.8 Å². The molecule has 1 heterocycles. The zero-order valence-electron chi connectivity index (χ0n) is 14.1. The summed E-state index contributed by atoms with van der Waals surface area (Å²) in [5.41, 5.74) is 2.39. The van der Waals surface area contributed by atoms with Crippen molar-refractivity contribution in [2.75, 3.05) is 25.5 Å². The SMILES string of the molecule is CNC(=O)NC(=O)[C@H](C)N1CCC(Nc2ccc(C)cc2)CC1. The minimum Gasteiger partial charge on any atom is -0.382 e. The van der Waals surface area contributed by atoms with Crippen LogP contribution in [0.2, 0.25) is 0 Å². The van der Waals surface area contributed by atoms with E-state index in [-0.39, 0.29) is 11.9 Å². The van der Waals surface area contributed by atoms with Crippen molar-refractivity contribution in [3.8, 4) is 0 Å². The summed E-state index contributed by atoms with van der Waals surface area (Å²) in [5.74, 6) is -0.255. The zero-order valence-corrected chi connectivity index (χ0v) is 14.1. The molecule has 1 aromatic carbocycles. The second kappa shape index (κ2) is 7.97. The maximum Gasteiger partial charge on any atom is 0.321 e. The van der Waals surface area contributed by atoms with E-state index >= 15 is 0 Å². The van der Waals surface area contributed by atoms with E-state index in [1.165, 1.54) is 12.6 Å². The van der Waals surface area contributed by atoms with Crippen LogP contribution in [-0.4, -0.2) is 49.1 Å². The molecule has 2 rings (SSSR count). The van der Waals surface area contributed by atoms with Crippen molar-refractivity contribution in [3.05, 3.63) is 29.8 Å². The van der Waals surface area contributed by atoms with Crippen LogP contribution in [-0.2, 0) is 4.79 Å². The lowest BCUT2D eigenvalue weighted by molar-refractivity contribution is -0.125. The molecule has 6 nitrogen and oxygen atoms in total. The Morgan fingerprint density at radius 3 is 2.35 bits per heavy atom. The van der Waals surface area contributed by atoms with Crippen LogP contribution in [0.5, 0.6) is 0 Å². The molecule has 0 bridgehead atoms. The van der Waals surface area contributed by atoms with Gasteiger partial charge in [0.05, 0.1) is 6.04 Å². The number of urea groups is 1. The highest BCUT2D eigenvalue weighted by Gasteiger charge is 2.27. The average molecular weight is 318 g/mol. The minimum absolute atomic E-state index is 0.255. The van der Waals surface area contributed by atoms with Gasteiger partial charge < -0.3 is 10.6 Å². The van der Waals surface area contributed by atoms with Gasteiger partial charge in [0.25, 0.3) is 0 Å². The summed E-state index contributed by atoms with van der Waals surface area (Å²) in [4.78, 5) is 25.3. The third-order valence-electron chi connectivity index (χ3n) is 4.34. The largest absolute Gasteiger partial charge is 0.382 e. The van der Waals surface area contributed by atoms with E-state index in [2.05, 4.69) is 52.0 Å². The number of imide groups is 1. The first-order valence-corrected chi connectivity index (χ1v) is 8.09. The fourth-order valence-electron chi connectivity index (χ4n) is 2.76. The van der Waals surface area contributed by atoms with Crippen LogP contribution in [0, 0.1) is 6.92 Å². The molecule has 1 aliphatic rings. The summed E-state index contributed by atoms with van der Waals surface area (Å²) in [6.07, 6.45) is 1.96. The number of benzene rings is 1. The van der Waals surface area contributed by atoms with Crippen LogP contribution < -0.4 is 16.0 Å². The highest BCUT2D eigenvalue weighted by molar-refractivity contribution is 5.96. The Morgan fingerprint density at radius 2 is 1.78 bits per heavy atom. The molecule has 0 saturated carbocycles. The van der Waals surface area contributed by atoms with E-state index in [1.54, 1.807) is 0 Å². The number of rotatable bonds is 4. The molecule has 0 spiro atoms. The molecule has 126 valence electrons. The number of carbonyl (C=O) groups is 2. The maximum absolute atomic E-state index is 12.0. The third kappa shape index (κ3) is 4.96. The maximum atomic E-state index is 12.0. The van der Waals surface area contributed by atoms with Gasteiger partial charge >= 0.3 is 6.03 Å².